The summed E-state index contributed by atoms with van der Waals surface area (Å²) < 4.78 is 27.3. The van der Waals surface area contributed by atoms with Crippen LogP contribution in [0.5, 0.6) is 34.5 Å². The number of fused-ring (bicyclic) bond motifs is 1. The average Bonchev–Trinajstić information content (AvgIpc) is 2.66. The number of carbonyl (C=O) groups is 1. The Kier molecular flexibility index (Phi) is 4.79. The lowest BCUT2D eigenvalue weighted by atomic mass is 9.94. The third kappa shape index (κ3) is 2.85. The van der Waals surface area contributed by atoms with E-state index in [0.717, 1.165) is 0 Å². The predicted molar refractivity (Wildman–Crippen MR) is 93.1 cm³/mol. The molecule has 138 valence electrons. The summed E-state index contributed by atoms with van der Waals surface area (Å²) in [5.41, 5.74) is 0.746. The highest BCUT2D eigenvalue weighted by atomic mass is 16.5. The molecule has 26 heavy (non-hydrogen) atoms. The van der Waals surface area contributed by atoms with Crippen LogP contribution < -0.4 is 23.7 Å². The second kappa shape index (κ2) is 7.03. The van der Waals surface area contributed by atoms with Crippen LogP contribution in [0.25, 0.3) is 0 Å². The maximum absolute atomic E-state index is 12.7. The van der Waals surface area contributed by atoms with E-state index in [0.29, 0.717) is 17.1 Å². The quantitative estimate of drug-likeness (QED) is 0.877. The van der Waals surface area contributed by atoms with Gasteiger partial charge in [0.25, 0.3) is 0 Å². The Bertz CT molecular complexity index is 844. The smallest absolute Gasteiger partial charge is 0.204 e. The van der Waals surface area contributed by atoms with Crippen LogP contribution in [-0.4, -0.2) is 39.3 Å². The van der Waals surface area contributed by atoms with Gasteiger partial charge in [-0.15, -0.1) is 0 Å². The Morgan fingerprint density at radius 3 is 2.35 bits per heavy atom. The fourth-order valence-corrected chi connectivity index (χ4v) is 3.05. The minimum absolute atomic E-state index is 0.0412. The highest BCUT2D eigenvalue weighted by Crippen LogP contribution is 2.50. The minimum Gasteiger partial charge on any atom is -0.507 e. The molecule has 0 aromatic heterocycles. The fraction of sp³-hybridized carbons (Fsp3) is 0.316. The molecule has 1 aliphatic heterocycles. The molecular weight excluding hydrogens is 340 g/mol. The first-order valence-corrected chi connectivity index (χ1v) is 7.93. The number of benzene rings is 2. The van der Waals surface area contributed by atoms with Gasteiger partial charge in [0.15, 0.2) is 17.3 Å². The largest absolute Gasteiger partial charge is 0.507 e. The number of hydrogen-bond acceptors (Lipinski definition) is 7. The molecule has 0 saturated heterocycles. The molecule has 0 aliphatic carbocycles. The maximum Gasteiger partial charge on any atom is 0.204 e. The Hall–Kier alpha value is -3.09. The van der Waals surface area contributed by atoms with Gasteiger partial charge in [-0.25, -0.2) is 0 Å². The first-order chi connectivity index (χ1) is 12.5. The molecule has 0 amide bonds. The molecular formula is C19H20O7. The van der Waals surface area contributed by atoms with Crippen LogP contribution >= 0.6 is 0 Å². The van der Waals surface area contributed by atoms with E-state index in [4.69, 9.17) is 23.7 Å². The Morgan fingerprint density at radius 2 is 1.73 bits per heavy atom. The van der Waals surface area contributed by atoms with E-state index >= 15 is 0 Å². The van der Waals surface area contributed by atoms with Crippen LogP contribution in [-0.2, 0) is 0 Å². The van der Waals surface area contributed by atoms with Crippen molar-refractivity contribution in [2.24, 2.45) is 0 Å². The molecule has 1 heterocycles. The van der Waals surface area contributed by atoms with Crippen LogP contribution in [0.1, 0.15) is 28.4 Å². The van der Waals surface area contributed by atoms with Crippen molar-refractivity contribution in [3.8, 4) is 34.5 Å². The number of rotatable bonds is 5. The monoisotopic (exact) mass is 360 g/mol. The SMILES string of the molecule is COc1ccc(OC)c(C2CC(=O)c3c(O)cc(OC)c(OC)c3O2)c1. The van der Waals surface area contributed by atoms with Gasteiger partial charge in [0.05, 0.1) is 34.9 Å². The lowest BCUT2D eigenvalue weighted by Gasteiger charge is -2.29. The zero-order valence-corrected chi connectivity index (χ0v) is 15.0. The van der Waals surface area contributed by atoms with Gasteiger partial charge >= 0.3 is 0 Å². The van der Waals surface area contributed by atoms with Crippen molar-refractivity contribution < 1.29 is 33.6 Å². The van der Waals surface area contributed by atoms with Crippen LogP contribution in [0.3, 0.4) is 0 Å². The summed E-state index contributed by atoms with van der Waals surface area (Å²) in [5.74, 6) is 1.38. The van der Waals surface area contributed by atoms with E-state index in [9.17, 15) is 9.90 Å². The summed E-state index contributed by atoms with van der Waals surface area (Å²) in [6.07, 6.45) is -0.583. The van der Waals surface area contributed by atoms with E-state index in [1.807, 2.05) is 0 Å². The molecule has 1 unspecified atom stereocenters. The maximum atomic E-state index is 12.7. The van der Waals surface area contributed by atoms with E-state index in [2.05, 4.69) is 0 Å². The molecule has 1 N–H and O–H groups in total. The van der Waals surface area contributed by atoms with Gasteiger partial charge < -0.3 is 28.8 Å². The summed E-state index contributed by atoms with van der Waals surface area (Å²) in [7, 11) is 5.98. The zero-order valence-electron chi connectivity index (χ0n) is 15.0. The van der Waals surface area contributed by atoms with Crippen molar-refractivity contribution in [1.82, 2.24) is 0 Å². The molecule has 1 aliphatic rings. The molecule has 2 aromatic carbocycles. The fourth-order valence-electron chi connectivity index (χ4n) is 3.05. The van der Waals surface area contributed by atoms with Gasteiger partial charge in [-0.05, 0) is 18.2 Å². The third-order valence-electron chi connectivity index (χ3n) is 4.30. The molecule has 3 rings (SSSR count). The Balaban J connectivity index is 2.13. The summed E-state index contributed by atoms with van der Waals surface area (Å²) in [4.78, 5) is 12.7. The number of carbonyl (C=O) groups excluding carboxylic acids is 1. The number of ketones is 1. The Morgan fingerprint density at radius 1 is 1.00 bits per heavy atom. The van der Waals surface area contributed by atoms with Crippen LogP contribution in [0.4, 0.5) is 0 Å². The standard InChI is InChI=1S/C19H20O7/c1-22-10-5-6-14(23-2)11(7-10)15-8-12(20)17-13(21)9-16(24-3)18(25-4)19(17)26-15/h5-7,9,15,21H,8H2,1-4H3. The Labute approximate surface area is 151 Å². The molecule has 0 saturated carbocycles. The van der Waals surface area contributed by atoms with Crippen molar-refractivity contribution in [2.45, 2.75) is 12.5 Å². The number of aromatic hydroxyl groups is 1. The van der Waals surface area contributed by atoms with Gasteiger partial charge in [0.1, 0.15) is 28.9 Å². The number of phenolic OH excluding ortho intramolecular Hbond substituents is 1. The van der Waals surface area contributed by atoms with E-state index in [1.54, 1.807) is 32.4 Å². The first kappa shape index (κ1) is 17.7. The number of phenols is 1. The summed E-state index contributed by atoms with van der Waals surface area (Å²) in [5, 5.41) is 10.2. The first-order valence-electron chi connectivity index (χ1n) is 7.93. The molecule has 2 aromatic rings. The van der Waals surface area contributed by atoms with Crippen molar-refractivity contribution in [1.29, 1.82) is 0 Å². The van der Waals surface area contributed by atoms with Crippen LogP contribution in [0, 0.1) is 0 Å². The van der Waals surface area contributed by atoms with Crippen LogP contribution in [0.2, 0.25) is 0 Å². The van der Waals surface area contributed by atoms with Gasteiger partial charge in [0, 0.05) is 11.6 Å². The summed E-state index contributed by atoms with van der Waals surface area (Å²) in [6, 6.07) is 6.60. The molecule has 0 fully saturated rings. The summed E-state index contributed by atoms with van der Waals surface area (Å²) >= 11 is 0. The molecule has 0 spiro atoms. The highest BCUT2D eigenvalue weighted by molar-refractivity contribution is 6.04. The van der Waals surface area contributed by atoms with Crippen molar-refractivity contribution in [3.05, 3.63) is 35.4 Å². The number of Topliss-reactive ketones (excluding diaryl/α,β-unsaturated/α-hetero) is 1. The molecule has 7 nitrogen and oxygen atoms in total. The average molecular weight is 360 g/mol. The lowest BCUT2D eigenvalue weighted by molar-refractivity contribution is 0.0832. The van der Waals surface area contributed by atoms with Gasteiger partial charge in [0.2, 0.25) is 5.75 Å². The van der Waals surface area contributed by atoms with E-state index in [-0.39, 0.29) is 40.8 Å². The topological polar surface area (TPSA) is 83.5 Å². The van der Waals surface area contributed by atoms with Crippen molar-refractivity contribution >= 4 is 5.78 Å². The predicted octanol–water partition coefficient (Wildman–Crippen LogP) is 3.13. The normalized spacial score (nSPS) is 15.7. The summed E-state index contributed by atoms with van der Waals surface area (Å²) in [6.45, 7) is 0. The van der Waals surface area contributed by atoms with Gasteiger partial charge in [-0.1, -0.05) is 0 Å². The molecule has 7 heteroatoms. The third-order valence-corrected chi connectivity index (χ3v) is 4.30. The highest BCUT2D eigenvalue weighted by Gasteiger charge is 2.36. The second-order valence-electron chi connectivity index (χ2n) is 5.68. The number of hydrogen-bond donors (Lipinski definition) is 1. The van der Waals surface area contributed by atoms with Gasteiger partial charge in [-0.3, -0.25) is 4.79 Å². The van der Waals surface area contributed by atoms with E-state index < -0.39 is 6.10 Å². The number of ether oxygens (including phenoxy) is 5. The molecule has 0 radical (unpaired) electrons. The number of methoxy groups -OCH3 is 4. The van der Waals surface area contributed by atoms with Crippen LogP contribution in [0.15, 0.2) is 24.3 Å². The van der Waals surface area contributed by atoms with E-state index in [1.165, 1.54) is 20.3 Å². The molecule has 1 atom stereocenters. The van der Waals surface area contributed by atoms with Crippen molar-refractivity contribution in [2.75, 3.05) is 28.4 Å². The lowest BCUT2D eigenvalue weighted by Crippen LogP contribution is -2.22. The minimum atomic E-state index is -0.625. The second-order valence-corrected chi connectivity index (χ2v) is 5.68. The van der Waals surface area contributed by atoms with Gasteiger partial charge in [-0.2, -0.15) is 0 Å². The zero-order chi connectivity index (χ0) is 18.8. The van der Waals surface area contributed by atoms with Crippen molar-refractivity contribution in [3.63, 3.8) is 0 Å². The molecule has 0 bridgehead atoms.